The Hall–Kier alpha value is -2.70. The molecule has 23 heavy (non-hydrogen) atoms. The Kier molecular flexibility index (Phi) is 4.49. The summed E-state index contributed by atoms with van der Waals surface area (Å²) in [7, 11) is 0. The van der Waals surface area contributed by atoms with Gasteiger partial charge in [-0.1, -0.05) is 31.1 Å². The lowest BCUT2D eigenvalue weighted by molar-refractivity contribution is -0.144. The highest BCUT2D eigenvalue weighted by Crippen LogP contribution is 2.23. The van der Waals surface area contributed by atoms with Crippen molar-refractivity contribution in [3.05, 3.63) is 53.2 Å². The summed E-state index contributed by atoms with van der Waals surface area (Å²) in [5.41, 5.74) is -0.896. The Morgan fingerprint density at radius 1 is 1.30 bits per heavy atom. The van der Waals surface area contributed by atoms with Gasteiger partial charge in [0.05, 0.1) is 5.69 Å². The maximum Gasteiger partial charge on any atom is 0.333 e. The Bertz CT molecular complexity index is 724. The fourth-order valence-corrected chi connectivity index (χ4v) is 1.99. The van der Waals surface area contributed by atoms with Crippen LogP contribution in [0, 0.1) is 5.82 Å². The third-order valence-electron chi connectivity index (χ3n) is 3.56. The number of carboxylic acids is 1. The molecule has 0 saturated heterocycles. The molecule has 0 fully saturated rings. The summed E-state index contributed by atoms with van der Waals surface area (Å²) in [4.78, 5) is 23.9. The molecular formula is C16H17FN2O4. The second-order valence-corrected chi connectivity index (χ2v) is 5.66. The summed E-state index contributed by atoms with van der Waals surface area (Å²) in [6, 6.07) is 6.35. The number of amides is 1. The Morgan fingerprint density at radius 3 is 2.39 bits per heavy atom. The first-order valence-corrected chi connectivity index (χ1v) is 7.02. The van der Waals surface area contributed by atoms with Gasteiger partial charge < -0.3 is 14.9 Å². The van der Waals surface area contributed by atoms with E-state index in [9.17, 15) is 19.1 Å². The summed E-state index contributed by atoms with van der Waals surface area (Å²) in [5, 5.41) is 15.7. The number of carbonyl (C=O) groups excluding carboxylic acids is 1. The number of hydrogen-bond acceptors (Lipinski definition) is 4. The van der Waals surface area contributed by atoms with Crippen LogP contribution < -0.4 is 5.32 Å². The quantitative estimate of drug-likeness (QED) is 0.883. The molecule has 0 aliphatic heterocycles. The summed E-state index contributed by atoms with van der Waals surface area (Å²) < 4.78 is 18.0. The molecule has 1 atom stereocenters. The lowest BCUT2D eigenvalue weighted by Crippen LogP contribution is -2.49. The highest BCUT2D eigenvalue weighted by molar-refractivity contribution is 5.96. The topological polar surface area (TPSA) is 92.4 Å². The van der Waals surface area contributed by atoms with Gasteiger partial charge in [0.25, 0.3) is 5.91 Å². The van der Waals surface area contributed by atoms with Crippen LogP contribution in [0.15, 0.2) is 34.9 Å². The molecule has 6 nitrogen and oxygen atoms in total. The molecule has 0 bridgehead atoms. The molecule has 7 heteroatoms. The average molecular weight is 320 g/mol. The van der Waals surface area contributed by atoms with E-state index in [0.717, 1.165) is 12.1 Å². The number of benzene rings is 1. The van der Waals surface area contributed by atoms with Gasteiger partial charge in [0.15, 0.2) is 5.54 Å². The Morgan fingerprint density at radius 2 is 1.91 bits per heavy atom. The predicted octanol–water partition coefficient (Wildman–Crippen LogP) is 2.67. The van der Waals surface area contributed by atoms with E-state index in [0.29, 0.717) is 5.69 Å². The SMILES string of the molecule is CC(C)c1cc(C(=O)NC(C)(C(=O)O)c2ccc(F)cc2)on1. The molecule has 1 heterocycles. The lowest BCUT2D eigenvalue weighted by atomic mass is 9.92. The van der Waals surface area contributed by atoms with Crippen LogP contribution in [-0.2, 0) is 10.3 Å². The zero-order valence-electron chi connectivity index (χ0n) is 13.0. The number of nitrogens with zero attached hydrogens (tertiary/aromatic N) is 1. The van der Waals surface area contributed by atoms with Gasteiger partial charge in [-0.25, -0.2) is 9.18 Å². The van der Waals surface area contributed by atoms with Crippen molar-refractivity contribution < 1.29 is 23.6 Å². The van der Waals surface area contributed by atoms with Gasteiger partial charge in [0, 0.05) is 6.07 Å². The first kappa shape index (κ1) is 16.7. The molecule has 0 aliphatic rings. The van der Waals surface area contributed by atoms with Gasteiger partial charge in [-0.05, 0) is 30.5 Å². The van der Waals surface area contributed by atoms with E-state index >= 15 is 0 Å². The van der Waals surface area contributed by atoms with Crippen molar-refractivity contribution in [3.8, 4) is 0 Å². The summed E-state index contributed by atoms with van der Waals surface area (Å²) in [6.07, 6.45) is 0. The van der Waals surface area contributed by atoms with Crippen LogP contribution in [0.4, 0.5) is 4.39 Å². The monoisotopic (exact) mass is 320 g/mol. The Balaban J connectivity index is 2.29. The zero-order valence-corrected chi connectivity index (χ0v) is 13.0. The number of aromatic nitrogens is 1. The largest absolute Gasteiger partial charge is 0.479 e. The number of aliphatic carboxylic acids is 1. The molecule has 2 aromatic rings. The molecule has 0 spiro atoms. The fourth-order valence-electron chi connectivity index (χ4n) is 1.99. The standard InChI is InChI=1S/C16H17FN2O4/c1-9(2)12-8-13(23-19-12)14(20)18-16(3,15(21)22)10-4-6-11(17)7-5-10/h4-9H,1-3H3,(H,18,20)(H,21,22). The van der Waals surface area contributed by atoms with Crippen LogP contribution >= 0.6 is 0 Å². The van der Waals surface area contributed by atoms with E-state index < -0.39 is 23.2 Å². The Labute approximate surface area is 132 Å². The van der Waals surface area contributed by atoms with E-state index in [4.69, 9.17) is 4.52 Å². The number of rotatable bonds is 5. The van der Waals surface area contributed by atoms with Crippen molar-refractivity contribution in [1.82, 2.24) is 10.5 Å². The lowest BCUT2D eigenvalue weighted by Gasteiger charge is -2.26. The highest BCUT2D eigenvalue weighted by Gasteiger charge is 2.38. The van der Waals surface area contributed by atoms with E-state index in [-0.39, 0.29) is 17.2 Å². The molecule has 1 aromatic carbocycles. The molecule has 2 N–H and O–H groups in total. The number of nitrogens with one attached hydrogen (secondary N) is 1. The molecule has 2 rings (SSSR count). The van der Waals surface area contributed by atoms with Crippen molar-refractivity contribution in [2.45, 2.75) is 32.2 Å². The maximum absolute atomic E-state index is 13.0. The number of carboxylic acid groups (broad SMARTS) is 1. The van der Waals surface area contributed by atoms with E-state index in [1.807, 2.05) is 13.8 Å². The average Bonchev–Trinajstić information content (AvgIpc) is 2.97. The van der Waals surface area contributed by atoms with Crippen LogP contribution in [0.2, 0.25) is 0 Å². The van der Waals surface area contributed by atoms with Crippen LogP contribution in [0.5, 0.6) is 0 Å². The van der Waals surface area contributed by atoms with Crippen molar-refractivity contribution in [3.63, 3.8) is 0 Å². The molecule has 122 valence electrons. The normalized spacial score (nSPS) is 13.6. The first-order valence-electron chi connectivity index (χ1n) is 7.02. The third kappa shape index (κ3) is 3.39. The molecule has 0 saturated carbocycles. The summed E-state index contributed by atoms with van der Waals surface area (Å²) >= 11 is 0. The predicted molar refractivity (Wildman–Crippen MR) is 79.4 cm³/mol. The van der Waals surface area contributed by atoms with Crippen LogP contribution in [0.25, 0.3) is 0 Å². The number of hydrogen-bond donors (Lipinski definition) is 2. The minimum atomic E-state index is -1.73. The van der Waals surface area contributed by atoms with Crippen molar-refractivity contribution >= 4 is 11.9 Å². The van der Waals surface area contributed by atoms with Gasteiger partial charge in [-0.3, -0.25) is 4.79 Å². The molecule has 0 radical (unpaired) electrons. The summed E-state index contributed by atoms with van der Waals surface area (Å²) in [5.74, 6) is -2.49. The van der Waals surface area contributed by atoms with Crippen LogP contribution in [-0.4, -0.2) is 22.1 Å². The third-order valence-corrected chi connectivity index (χ3v) is 3.56. The van der Waals surface area contributed by atoms with Gasteiger partial charge in [-0.15, -0.1) is 0 Å². The minimum Gasteiger partial charge on any atom is -0.479 e. The van der Waals surface area contributed by atoms with E-state index in [2.05, 4.69) is 10.5 Å². The van der Waals surface area contributed by atoms with Gasteiger partial charge >= 0.3 is 5.97 Å². The maximum atomic E-state index is 13.0. The number of halogens is 1. The minimum absolute atomic E-state index is 0.0725. The van der Waals surface area contributed by atoms with E-state index in [1.165, 1.54) is 25.1 Å². The first-order chi connectivity index (χ1) is 10.7. The molecular weight excluding hydrogens is 303 g/mol. The molecule has 1 aromatic heterocycles. The van der Waals surface area contributed by atoms with Gasteiger partial charge in [-0.2, -0.15) is 0 Å². The molecule has 0 aliphatic carbocycles. The van der Waals surface area contributed by atoms with Crippen LogP contribution in [0.1, 0.15) is 48.5 Å². The van der Waals surface area contributed by atoms with Crippen molar-refractivity contribution in [2.24, 2.45) is 0 Å². The van der Waals surface area contributed by atoms with E-state index in [1.54, 1.807) is 0 Å². The summed E-state index contributed by atoms with van der Waals surface area (Å²) in [6.45, 7) is 5.10. The molecule has 1 unspecified atom stereocenters. The zero-order chi connectivity index (χ0) is 17.2. The second kappa shape index (κ2) is 6.20. The van der Waals surface area contributed by atoms with Gasteiger partial charge in [0.2, 0.25) is 5.76 Å². The van der Waals surface area contributed by atoms with Crippen molar-refractivity contribution in [2.75, 3.05) is 0 Å². The molecule has 1 amide bonds. The smallest absolute Gasteiger partial charge is 0.333 e. The second-order valence-electron chi connectivity index (χ2n) is 5.66. The van der Waals surface area contributed by atoms with Crippen molar-refractivity contribution in [1.29, 1.82) is 0 Å². The highest BCUT2D eigenvalue weighted by atomic mass is 19.1. The number of carbonyl (C=O) groups is 2. The van der Waals surface area contributed by atoms with Crippen LogP contribution in [0.3, 0.4) is 0 Å². The fraction of sp³-hybridized carbons (Fsp3) is 0.312. The van der Waals surface area contributed by atoms with Gasteiger partial charge in [0.1, 0.15) is 5.82 Å².